The molecule has 2 aliphatic carbocycles. The zero-order chi connectivity index (χ0) is 22.0. The Kier molecular flexibility index (Phi) is 6.65. The Bertz CT molecular complexity index is 901. The monoisotopic (exact) mass is 443 g/mol. The summed E-state index contributed by atoms with van der Waals surface area (Å²) >= 11 is 6.27. The molecule has 31 heavy (non-hydrogen) atoms. The first-order valence-corrected chi connectivity index (χ1v) is 11.8. The molecule has 1 aliphatic heterocycles. The summed E-state index contributed by atoms with van der Waals surface area (Å²) in [5, 5.41) is 2.94. The summed E-state index contributed by atoms with van der Waals surface area (Å²) in [7, 11) is 1.86. The van der Waals surface area contributed by atoms with Crippen molar-refractivity contribution in [1.29, 1.82) is 0 Å². The Morgan fingerprint density at radius 1 is 1.00 bits per heavy atom. The molecule has 4 rings (SSSR count). The number of carbonyl (C=O) groups excluding carboxylic acids is 3. The number of amides is 3. The Balaban J connectivity index is 1.48. The zero-order valence-electron chi connectivity index (χ0n) is 18.0. The van der Waals surface area contributed by atoms with Crippen LogP contribution in [0.5, 0.6) is 0 Å². The van der Waals surface area contributed by atoms with E-state index < -0.39 is 5.91 Å². The van der Waals surface area contributed by atoms with Crippen LogP contribution in [0.3, 0.4) is 0 Å². The lowest BCUT2D eigenvalue weighted by atomic mass is 9.94. The van der Waals surface area contributed by atoms with Crippen LogP contribution in [0.15, 0.2) is 35.0 Å². The summed E-state index contributed by atoms with van der Waals surface area (Å²) in [5.74, 6) is -0.837. The van der Waals surface area contributed by atoms with Crippen molar-refractivity contribution in [2.24, 2.45) is 0 Å². The number of hydrogen-bond donors (Lipinski definition) is 1. The molecule has 3 amide bonds. The van der Waals surface area contributed by atoms with Crippen LogP contribution in [-0.2, 0) is 9.59 Å². The largest absolute Gasteiger partial charge is 0.350 e. The maximum atomic E-state index is 13.0. The summed E-state index contributed by atoms with van der Waals surface area (Å²) in [4.78, 5) is 41.8. The molecule has 3 aliphatic rings. The van der Waals surface area contributed by atoms with Gasteiger partial charge in [0.25, 0.3) is 17.7 Å². The standard InChI is InChI=1S/C24H30ClN3O3/c1-27(18-11-4-2-5-12-18)22(29)16-9-8-10-17(15-16)26-21-20(25)23(30)28(24(21)31)19-13-6-3-7-14-19/h8-10,15,18-19,26H,2-7,11-14H2,1H3. The van der Waals surface area contributed by atoms with Gasteiger partial charge in [0, 0.05) is 30.4 Å². The van der Waals surface area contributed by atoms with Gasteiger partial charge in [-0.25, -0.2) is 0 Å². The van der Waals surface area contributed by atoms with Crippen molar-refractivity contribution in [2.75, 3.05) is 12.4 Å². The predicted molar refractivity (Wildman–Crippen MR) is 121 cm³/mol. The molecule has 6 nitrogen and oxygen atoms in total. The van der Waals surface area contributed by atoms with Crippen LogP contribution in [0.2, 0.25) is 0 Å². The molecule has 0 atom stereocenters. The molecule has 1 heterocycles. The van der Waals surface area contributed by atoms with Gasteiger partial charge in [-0.15, -0.1) is 0 Å². The summed E-state index contributed by atoms with van der Waals surface area (Å²) < 4.78 is 0. The van der Waals surface area contributed by atoms with E-state index in [0.29, 0.717) is 11.3 Å². The highest BCUT2D eigenvalue weighted by Gasteiger charge is 2.42. The number of halogens is 1. The lowest BCUT2D eigenvalue weighted by molar-refractivity contribution is -0.140. The Morgan fingerprint density at radius 3 is 2.32 bits per heavy atom. The van der Waals surface area contributed by atoms with Crippen LogP contribution in [0.1, 0.15) is 74.6 Å². The highest BCUT2D eigenvalue weighted by Crippen LogP contribution is 2.32. The third-order valence-electron chi connectivity index (χ3n) is 6.82. The van der Waals surface area contributed by atoms with Gasteiger partial charge in [-0.05, 0) is 43.9 Å². The Morgan fingerprint density at radius 2 is 1.65 bits per heavy atom. The predicted octanol–water partition coefficient (Wildman–Crippen LogP) is 4.66. The van der Waals surface area contributed by atoms with Crippen LogP contribution < -0.4 is 5.32 Å². The number of nitrogens with zero attached hydrogens (tertiary/aromatic N) is 2. The van der Waals surface area contributed by atoms with Crippen molar-refractivity contribution in [3.8, 4) is 0 Å². The molecule has 1 aromatic rings. The smallest absolute Gasteiger partial charge is 0.279 e. The second-order valence-corrected chi connectivity index (χ2v) is 9.25. The molecule has 2 fully saturated rings. The molecule has 7 heteroatoms. The second kappa shape index (κ2) is 9.43. The van der Waals surface area contributed by atoms with E-state index in [-0.39, 0.29) is 34.6 Å². The lowest BCUT2D eigenvalue weighted by Gasteiger charge is -2.31. The van der Waals surface area contributed by atoms with Gasteiger partial charge in [-0.2, -0.15) is 0 Å². The average Bonchev–Trinajstić information content (AvgIpc) is 3.02. The summed E-state index contributed by atoms with van der Waals surface area (Å²) in [6, 6.07) is 7.24. The van der Waals surface area contributed by atoms with Crippen LogP contribution >= 0.6 is 11.6 Å². The first-order valence-electron chi connectivity index (χ1n) is 11.4. The molecule has 0 spiro atoms. The second-order valence-electron chi connectivity index (χ2n) is 8.87. The minimum atomic E-state index is -0.426. The fraction of sp³-hybridized carbons (Fsp3) is 0.542. The van der Waals surface area contributed by atoms with Crippen LogP contribution in [0, 0.1) is 0 Å². The number of hydrogen-bond acceptors (Lipinski definition) is 4. The van der Waals surface area contributed by atoms with Gasteiger partial charge in [-0.3, -0.25) is 19.3 Å². The number of anilines is 1. The highest BCUT2D eigenvalue weighted by atomic mass is 35.5. The minimum Gasteiger partial charge on any atom is -0.350 e. The van der Waals surface area contributed by atoms with Crippen molar-refractivity contribution >= 4 is 35.0 Å². The number of rotatable bonds is 5. The van der Waals surface area contributed by atoms with Crippen molar-refractivity contribution in [3.63, 3.8) is 0 Å². The van der Waals surface area contributed by atoms with Gasteiger partial charge in [0.05, 0.1) is 0 Å². The number of nitrogens with one attached hydrogen (secondary N) is 1. The van der Waals surface area contributed by atoms with E-state index >= 15 is 0 Å². The first-order chi connectivity index (χ1) is 15.0. The average molecular weight is 444 g/mol. The van der Waals surface area contributed by atoms with Crippen molar-refractivity contribution in [3.05, 3.63) is 40.6 Å². The van der Waals surface area contributed by atoms with Gasteiger partial charge in [0.1, 0.15) is 10.7 Å². The van der Waals surface area contributed by atoms with E-state index in [9.17, 15) is 14.4 Å². The van der Waals surface area contributed by atoms with Gasteiger partial charge in [0.2, 0.25) is 0 Å². The molecule has 0 saturated heterocycles. The van der Waals surface area contributed by atoms with Crippen molar-refractivity contribution in [1.82, 2.24) is 9.80 Å². The summed E-state index contributed by atoms with van der Waals surface area (Å²) in [5.41, 5.74) is 1.22. The Hall–Kier alpha value is -2.34. The van der Waals surface area contributed by atoms with Gasteiger partial charge < -0.3 is 10.2 Å². The molecular formula is C24H30ClN3O3. The van der Waals surface area contributed by atoms with E-state index in [0.717, 1.165) is 57.8 Å². The molecule has 1 aromatic carbocycles. The van der Waals surface area contributed by atoms with E-state index in [2.05, 4.69) is 5.32 Å². The summed E-state index contributed by atoms with van der Waals surface area (Å²) in [6.07, 6.45) is 10.4. The van der Waals surface area contributed by atoms with Gasteiger partial charge >= 0.3 is 0 Å². The fourth-order valence-corrected chi connectivity index (χ4v) is 5.23. The maximum Gasteiger partial charge on any atom is 0.279 e. The molecular weight excluding hydrogens is 414 g/mol. The normalized spacial score (nSPS) is 21.0. The van der Waals surface area contributed by atoms with Crippen LogP contribution in [0.4, 0.5) is 5.69 Å². The van der Waals surface area contributed by atoms with Crippen molar-refractivity contribution in [2.45, 2.75) is 76.3 Å². The highest BCUT2D eigenvalue weighted by molar-refractivity contribution is 6.48. The zero-order valence-corrected chi connectivity index (χ0v) is 18.8. The van der Waals surface area contributed by atoms with E-state index in [1.807, 2.05) is 11.9 Å². The molecule has 0 unspecified atom stereocenters. The third kappa shape index (κ3) is 4.49. The third-order valence-corrected chi connectivity index (χ3v) is 7.17. The fourth-order valence-electron chi connectivity index (χ4n) is 5.01. The van der Waals surface area contributed by atoms with Crippen LogP contribution in [0.25, 0.3) is 0 Å². The van der Waals surface area contributed by atoms with Crippen LogP contribution in [-0.4, -0.2) is 46.7 Å². The molecule has 0 bridgehead atoms. The van der Waals surface area contributed by atoms with E-state index in [1.165, 1.54) is 11.3 Å². The molecule has 1 N–H and O–H groups in total. The molecule has 166 valence electrons. The minimum absolute atomic E-state index is 0.0340. The SMILES string of the molecule is CN(C(=O)c1cccc(NC2=C(Cl)C(=O)N(C3CCCCC3)C2=O)c1)C1CCCCC1. The molecule has 0 aromatic heterocycles. The van der Waals surface area contributed by atoms with E-state index in [4.69, 9.17) is 11.6 Å². The number of carbonyl (C=O) groups is 3. The topological polar surface area (TPSA) is 69.7 Å². The molecule has 0 radical (unpaired) electrons. The van der Waals surface area contributed by atoms with E-state index in [1.54, 1.807) is 24.3 Å². The number of benzene rings is 1. The van der Waals surface area contributed by atoms with Crippen molar-refractivity contribution < 1.29 is 14.4 Å². The lowest BCUT2D eigenvalue weighted by Crippen LogP contribution is -2.42. The quantitative estimate of drug-likeness (QED) is 0.672. The summed E-state index contributed by atoms with van der Waals surface area (Å²) in [6.45, 7) is 0. The maximum absolute atomic E-state index is 13.0. The Labute approximate surface area is 188 Å². The number of imide groups is 1. The van der Waals surface area contributed by atoms with Gasteiger partial charge in [0.15, 0.2) is 0 Å². The first kappa shape index (κ1) is 21.9. The van der Waals surface area contributed by atoms with Gasteiger partial charge in [-0.1, -0.05) is 56.2 Å². The molecule has 2 saturated carbocycles.